The standard InChI is InChI=1S/C16H22N2O2/c1-3-9-16(12-17,10-4-2)15(20)18-14-8-6-5-7-13(14)11-19/h5-8,19H,3-4,9-11H2,1-2H3,(H,18,20). The molecule has 0 heterocycles. The minimum absolute atomic E-state index is 0.141. The molecule has 108 valence electrons. The molecule has 2 N–H and O–H groups in total. The zero-order valence-electron chi connectivity index (χ0n) is 12.1. The molecule has 0 unspecified atom stereocenters. The van der Waals surface area contributed by atoms with Crippen LogP contribution in [-0.2, 0) is 11.4 Å². The lowest BCUT2D eigenvalue weighted by Gasteiger charge is -2.25. The number of nitrogens with one attached hydrogen (secondary N) is 1. The lowest BCUT2D eigenvalue weighted by Crippen LogP contribution is -2.35. The summed E-state index contributed by atoms with van der Waals surface area (Å²) in [5.41, 5.74) is 0.249. The van der Waals surface area contributed by atoms with Crippen molar-refractivity contribution >= 4 is 11.6 Å². The minimum Gasteiger partial charge on any atom is -0.392 e. The first-order valence-electron chi connectivity index (χ1n) is 7.05. The Balaban J connectivity index is 2.99. The molecule has 1 aromatic rings. The van der Waals surface area contributed by atoms with Crippen LogP contribution in [0.5, 0.6) is 0 Å². The zero-order chi connectivity index (χ0) is 15.0. The van der Waals surface area contributed by atoms with Gasteiger partial charge in [-0.25, -0.2) is 0 Å². The van der Waals surface area contributed by atoms with Crippen molar-refractivity contribution in [2.45, 2.75) is 46.1 Å². The summed E-state index contributed by atoms with van der Waals surface area (Å²) in [7, 11) is 0. The average molecular weight is 274 g/mol. The van der Waals surface area contributed by atoms with Crippen molar-refractivity contribution < 1.29 is 9.90 Å². The number of rotatable bonds is 7. The number of anilines is 1. The van der Waals surface area contributed by atoms with Gasteiger partial charge in [0.05, 0.1) is 12.7 Å². The van der Waals surface area contributed by atoms with Crippen LogP contribution < -0.4 is 5.32 Å². The predicted octanol–water partition coefficient (Wildman–Crippen LogP) is 3.23. The van der Waals surface area contributed by atoms with E-state index in [1.54, 1.807) is 24.3 Å². The molecule has 0 fully saturated rings. The number of nitriles is 1. The Morgan fingerprint density at radius 1 is 1.30 bits per heavy atom. The highest BCUT2D eigenvalue weighted by molar-refractivity contribution is 5.97. The van der Waals surface area contributed by atoms with E-state index >= 15 is 0 Å². The van der Waals surface area contributed by atoms with Crippen molar-refractivity contribution in [1.82, 2.24) is 0 Å². The smallest absolute Gasteiger partial charge is 0.244 e. The van der Waals surface area contributed by atoms with Gasteiger partial charge in [-0.15, -0.1) is 0 Å². The molecule has 4 heteroatoms. The van der Waals surface area contributed by atoms with E-state index < -0.39 is 5.41 Å². The quantitative estimate of drug-likeness (QED) is 0.801. The van der Waals surface area contributed by atoms with Crippen LogP contribution in [-0.4, -0.2) is 11.0 Å². The van der Waals surface area contributed by atoms with Gasteiger partial charge >= 0.3 is 0 Å². The van der Waals surface area contributed by atoms with E-state index in [2.05, 4.69) is 11.4 Å². The van der Waals surface area contributed by atoms with E-state index in [0.717, 1.165) is 12.8 Å². The number of aliphatic hydroxyl groups excluding tert-OH is 1. The fourth-order valence-electron chi connectivity index (χ4n) is 2.39. The molecule has 0 aliphatic carbocycles. The van der Waals surface area contributed by atoms with E-state index in [-0.39, 0.29) is 12.5 Å². The van der Waals surface area contributed by atoms with Gasteiger partial charge in [-0.3, -0.25) is 4.79 Å². The average Bonchev–Trinajstić information content (AvgIpc) is 2.47. The van der Waals surface area contributed by atoms with Crippen LogP contribution in [0.1, 0.15) is 45.1 Å². The predicted molar refractivity (Wildman–Crippen MR) is 78.9 cm³/mol. The SMILES string of the molecule is CCCC(C#N)(CCC)C(=O)Nc1ccccc1CO. The normalized spacial score (nSPS) is 10.9. The number of carbonyl (C=O) groups excluding carboxylic acids is 1. The maximum atomic E-state index is 12.5. The summed E-state index contributed by atoms with van der Waals surface area (Å²) < 4.78 is 0. The third-order valence-electron chi connectivity index (χ3n) is 3.44. The van der Waals surface area contributed by atoms with E-state index in [0.29, 0.717) is 24.1 Å². The maximum absolute atomic E-state index is 12.5. The van der Waals surface area contributed by atoms with Crippen LogP contribution in [0.2, 0.25) is 0 Å². The number of hydrogen-bond donors (Lipinski definition) is 2. The summed E-state index contributed by atoms with van der Waals surface area (Å²) in [6, 6.07) is 9.29. The Hall–Kier alpha value is -1.86. The fourth-order valence-corrected chi connectivity index (χ4v) is 2.39. The van der Waals surface area contributed by atoms with Crippen molar-refractivity contribution in [1.29, 1.82) is 5.26 Å². The molecule has 1 rings (SSSR count). The monoisotopic (exact) mass is 274 g/mol. The first kappa shape index (κ1) is 16.2. The van der Waals surface area contributed by atoms with Crippen molar-refractivity contribution in [3.63, 3.8) is 0 Å². The number of carbonyl (C=O) groups is 1. The van der Waals surface area contributed by atoms with Crippen molar-refractivity contribution in [2.75, 3.05) is 5.32 Å². The van der Waals surface area contributed by atoms with Gasteiger partial charge in [-0.05, 0) is 18.9 Å². The van der Waals surface area contributed by atoms with E-state index in [4.69, 9.17) is 0 Å². The lowest BCUT2D eigenvalue weighted by molar-refractivity contribution is -0.123. The summed E-state index contributed by atoms with van der Waals surface area (Å²) in [6.07, 6.45) is 2.65. The highest BCUT2D eigenvalue weighted by Gasteiger charge is 2.37. The van der Waals surface area contributed by atoms with Gasteiger partial charge in [0.1, 0.15) is 5.41 Å². The van der Waals surface area contributed by atoms with Gasteiger partial charge in [-0.1, -0.05) is 44.9 Å². The minimum atomic E-state index is -0.980. The van der Waals surface area contributed by atoms with E-state index in [1.807, 2.05) is 13.8 Å². The third kappa shape index (κ3) is 3.58. The van der Waals surface area contributed by atoms with Crippen LogP contribution in [0, 0.1) is 16.7 Å². The van der Waals surface area contributed by atoms with Gasteiger partial charge in [0.2, 0.25) is 5.91 Å². The summed E-state index contributed by atoms with van der Waals surface area (Å²) in [5, 5.41) is 21.5. The van der Waals surface area contributed by atoms with E-state index in [9.17, 15) is 15.2 Å². The van der Waals surface area contributed by atoms with Crippen molar-refractivity contribution in [2.24, 2.45) is 5.41 Å². The van der Waals surface area contributed by atoms with Crippen LogP contribution in [0.4, 0.5) is 5.69 Å². The molecule has 0 saturated carbocycles. The number of amides is 1. The Bertz CT molecular complexity index is 485. The molecular weight excluding hydrogens is 252 g/mol. The molecule has 0 bridgehead atoms. The third-order valence-corrected chi connectivity index (χ3v) is 3.44. The fraction of sp³-hybridized carbons (Fsp3) is 0.500. The molecule has 4 nitrogen and oxygen atoms in total. The van der Waals surface area contributed by atoms with Crippen LogP contribution in [0.15, 0.2) is 24.3 Å². The molecule has 0 saturated heterocycles. The molecule has 0 radical (unpaired) electrons. The van der Waals surface area contributed by atoms with Crippen LogP contribution in [0.3, 0.4) is 0 Å². The van der Waals surface area contributed by atoms with E-state index in [1.165, 1.54) is 0 Å². The molecule has 0 atom stereocenters. The van der Waals surface area contributed by atoms with Gasteiger partial charge < -0.3 is 10.4 Å². The number of aliphatic hydroxyl groups is 1. The summed E-state index contributed by atoms with van der Waals surface area (Å²) in [6.45, 7) is 3.80. The van der Waals surface area contributed by atoms with Gasteiger partial charge in [0.25, 0.3) is 0 Å². The zero-order valence-corrected chi connectivity index (χ0v) is 12.1. The number of hydrogen-bond acceptors (Lipinski definition) is 3. The largest absolute Gasteiger partial charge is 0.392 e. The topological polar surface area (TPSA) is 73.1 Å². The second-order valence-electron chi connectivity index (χ2n) is 4.96. The Kier molecular flexibility index (Phi) is 6.20. The molecule has 20 heavy (non-hydrogen) atoms. The highest BCUT2D eigenvalue weighted by atomic mass is 16.3. The molecule has 0 aliphatic rings. The van der Waals surface area contributed by atoms with Gasteiger partial charge in [0.15, 0.2) is 0 Å². The number of nitrogens with zero attached hydrogens (tertiary/aromatic N) is 1. The first-order chi connectivity index (χ1) is 9.63. The van der Waals surface area contributed by atoms with Gasteiger partial charge in [-0.2, -0.15) is 5.26 Å². The summed E-state index contributed by atoms with van der Waals surface area (Å²) in [4.78, 5) is 12.5. The maximum Gasteiger partial charge on any atom is 0.244 e. The highest BCUT2D eigenvalue weighted by Crippen LogP contribution is 2.31. The van der Waals surface area contributed by atoms with Crippen molar-refractivity contribution in [3.05, 3.63) is 29.8 Å². The van der Waals surface area contributed by atoms with Crippen molar-refractivity contribution in [3.8, 4) is 6.07 Å². The molecule has 1 amide bonds. The summed E-state index contributed by atoms with van der Waals surface area (Å²) >= 11 is 0. The Labute approximate surface area is 120 Å². The lowest BCUT2D eigenvalue weighted by atomic mass is 9.79. The molecule has 0 aromatic heterocycles. The molecule has 1 aromatic carbocycles. The first-order valence-corrected chi connectivity index (χ1v) is 7.05. The molecule has 0 spiro atoms. The Morgan fingerprint density at radius 2 is 1.90 bits per heavy atom. The second kappa shape index (κ2) is 7.66. The van der Waals surface area contributed by atoms with Gasteiger partial charge in [0, 0.05) is 11.3 Å². The summed E-state index contributed by atoms with van der Waals surface area (Å²) in [5.74, 6) is -0.274. The molecular formula is C16H22N2O2. The number of benzene rings is 1. The van der Waals surface area contributed by atoms with Crippen LogP contribution in [0.25, 0.3) is 0 Å². The second-order valence-corrected chi connectivity index (χ2v) is 4.96. The Morgan fingerprint density at radius 3 is 2.40 bits per heavy atom. The van der Waals surface area contributed by atoms with Crippen LogP contribution >= 0.6 is 0 Å². The molecule has 0 aliphatic heterocycles. The number of para-hydroxylation sites is 1.